The summed E-state index contributed by atoms with van der Waals surface area (Å²) in [6.45, 7) is 6.42. The minimum absolute atomic E-state index is 0.00630. The van der Waals surface area contributed by atoms with Crippen LogP contribution in [0.4, 0.5) is 5.82 Å². The summed E-state index contributed by atoms with van der Waals surface area (Å²) in [5.41, 5.74) is 0. The van der Waals surface area contributed by atoms with Gasteiger partial charge < -0.3 is 10.6 Å². The van der Waals surface area contributed by atoms with Gasteiger partial charge in [0.1, 0.15) is 5.82 Å². The van der Waals surface area contributed by atoms with Crippen molar-refractivity contribution in [3.63, 3.8) is 0 Å². The van der Waals surface area contributed by atoms with Crippen LogP contribution in [0.3, 0.4) is 0 Å². The van der Waals surface area contributed by atoms with Gasteiger partial charge in [0.2, 0.25) is 5.91 Å². The lowest BCUT2D eigenvalue weighted by Crippen LogP contribution is -2.57. The number of hydrogen-bond donors (Lipinski definition) is 2. The van der Waals surface area contributed by atoms with E-state index in [4.69, 9.17) is 0 Å². The maximum Gasteiger partial charge on any atom is 0.239 e. The summed E-state index contributed by atoms with van der Waals surface area (Å²) in [6, 6.07) is 2.54. The molecule has 6 nitrogen and oxygen atoms in total. The first kappa shape index (κ1) is 13.0. The molecule has 0 aliphatic carbocycles. The van der Waals surface area contributed by atoms with Gasteiger partial charge in [0.25, 0.3) is 0 Å². The van der Waals surface area contributed by atoms with Gasteiger partial charge in [-0.25, -0.2) is 4.68 Å². The molecule has 1 fully saturated rings. The van der Waals surface area contributed by atoms with Crippen LogP contribution in [0.1, 0.15) is 19.9 Å². The lowest BCUT2D eigenvalue weighted by Gasteiger charge is -2.35. The van der Waals surface area contributed by atoms with E-state index in [-0.39, 0.29) is 11.9 Å². The van der Waals surface area contributed by atoms with Crippen molar-refractivity contribution in [3.05, 3.63) is 12.3 Å². The quantitative estimate of drug-likeness (QED) is 0.790. The summed E-state index contributed by atoms with van der Waals surface area (Å²) in [4.78, 5) is 14.0. The van der Waals surface area contributed by atoms with Crippen molar-refractivity contribution in [2.24, 2.45) is 0 Å². The number of likely N-dealkylation sites (N-methyl/N-ethyl adjacent to an activating group) is 1. The minimum Gasteiger partial charge on any atom is -0.314 e. The molecule has 0 bridgehead atoms. The number of hydrogen-bond acceptors (Lipinski definition) is 4. The first-order valence-corrected chi connectivity index (χ1v) is 6.32. The number of anilines is 1. The minimum atomic E-state index is 0.00630. The fourth-order valence-corrected chi connectivity index (χ4v) is 1.95. The number of amides is 1. The Morgan fingerprint density at radius 3 is 2.94 bits per heavy atom. The van der Waals surface area contributed by atoms with Crippen LogP contribution in [0, 0.1) is 0 Å². The maximum absolute atomic E-state index is 11.9. The number of aromatic nitrogens is 2. The summed E-state index contributed by atoms with van der Waals surface area (Å²) in [6.07, 6.45) is 1.70. The molecule has 0 spiro atoms. The number of rotatable bonds is 5. The lowest BCUT2D eigenvalue weighted by atomic mass is 10.1. The zero-order chi connectivity index (χ0) is 13.1. The first-order valence-electron chi connectivity index (χ1n) is 6.32. The van der Waals surface area contributed by atoms with E-state index in [9.17, 15) is 4.79 Å². The highest BCUT2D eigenvalue weighted by Gasteiger charge is 2.23. The zero-order valence-electron chi connectivity index (χ0n) is 11.2. The van der Waals surface area contributed by atoms with Crippen LogP contribution in [0.15, 0.2) is 12.3 Å². The molecule has 100 valence electrons. The van der Waals surface area contributed by atoms with Crippen molar-refractivity contribution < 1.29 is 4.79 Å². The van der Waals surface area contributed by atoms with Gasteiger partial charge in [-0.15, -0.1) is 0 Å². The van der Waals surface area contributed by atoms with E-state index in [1.807, 2.05) is 31.6 Å². The van der Waals surface area contributed by atoms with Crippen LogP contribution in [0.5, 0.6) is 0 Å². The van der Waals surface area contributed by atoms with Crippen LogP contribution in [0.2, 0.25) is 0 Å². The highest BCUT2D eigenvalue weighted by Crippen LogP contribution is 2.13. The molecule has 0 aromatic carbocycles. The second kappa shape index (κ2) is 5.49. The second-order valence-corrected chi connectivity index (χ2v) is 5.03. The molecule has 1 aliphatic rings. The van der Waals surface area contributed by atoms with E-state index in [0.717, 1.165) is 18.9 Å². The first-order chi connectivity index (χ1) is 8.58. The van der Waals surface area contributed by atoms with Crippen LogP contribution >= 0.6 is 0 Å². The Labute approximate surface area is 107 Å². The van der Waals surface area contributed by atoms with Crippen molar-refractivity contribution >= 4 is 11.7 Å². The molecule has 0 saturated carbocycles. The summed E-state index contributed by atoms with van der Waals surface area (Å²) < 4.78 is 1.81. The molecule has 1 aromatic heterocycles. The monoisotopic (exact) mass is 251 g/mol. The van der Waals surface area contributed by atoms with Gasteiger partial charge >= 0.3 is 0 Å². The third-order valence-corrected chi connectivity index (χ3v) is 3.20. The smallest absolute Gasteiger partial charge is 0.239 e. The van der Waals surface area contributed by atoms with Crippen molar-refractivity contribution in [1.82, 2.24) is 20.0 Å². The fourth-order valence-electron chi connectivity index (χ4n) is 1.95. The molecule has 0 radical (unpaired) electrons. The highest BCUT2D eigenvalue weighted by atomic mass is 16.2. The average Bonchev–Trinajstić information content (AvgIpc) is 2.62. The largest absolute Gasteiger partial charge is 0.314 e. The normalized spacial score (nSPS) is 16.1. The van der Waals surface area contributed by atoms with Crippen LogP contribution in [0.25, 0.3) is 0 Å². The van der Waals surface area contributed by atoms with Gasteiger partial charge in [0.05, 0.1) is 12.7 Å². The van der Waals surface area contributed by atoms with Gasteiger partial charge in [-0.05, 0) is 20.9 Å². The Hall–Kier alpha value is -1.40. The standard InChI is InChI=1S/C12H21N5O/c1-9(2)17-11(4-5-14-17)15-12(18)8-16(3)10-6-13-7-10/h4-5,9-10,13H,6-8H2,1-3H3,(H,15,18). The molecule has 6 heteroatoms. The molecule has 1 aliphatic heterocycles. The van der Waals surface area contributed by atoms with Crippen LogP contribution in [-0.2, 0) is 4.79 Å². The third kappa shape index (κ3) is 2.88. The second-order valence-electron chi connectivity index (χ2n) is 5.03. The topological polar surface area (TPSA) is 62.2 Å². The Morgan fingerprint density at radius 2 is 2.39 bits per heavy atom. The zero-order valence-corrected chi connectivity index (χ0v) is 11.2. The summed E-state index contributed by atoms with van der Waals surface area (Å²) in [7, 11) is 1.98. The number of nitrogens with one attached hydrogen (secondary N) is 2. The number of carbonyl (C=O) groups is 1. The third-order valence-electron chi connectivity index (χ3n) is 3.20. The highest BCUT2D eigenvalue weighted by molar-refractivity contribution is 5.91. The van der Waals surface area contributed by atoms with Gasteiger partial charge in [-0.2, -0.15) is 5.10 Å². The predicted molar refractivity (Wildman–Crippen MR) is 70.5 cm³/mol. The van der Waals surface area contributed by atoms with E-state index in [1.165, 1.54) is 0 Å². The van der Waals surface area contributed by atoms with Crippen molar-refractivity contribution in [3.8, 4) is 0 Å². The van der Waals surface area contributed by atoms with E-state index in [1.54, 1.807) is 6.20 Å². The SMILES string of the molecule is CC(C)n1nccc1NC(=O)CN(C)C1CNC1. The predicted octanol–water partition coefficient (Wildman–Crippen LogP) is 0.306. The van der Waals surface area contributed by atoms with Crippen molar-refractivity contribution in [1.29, 1.82) is 0 Å². The van der Waals surface area contributed by atoms with E-state index >= 15 is 0 Å². The van der Waals surface area contributed by atoms with Crippen LogP contribution < -0.4 is 10.6 Å². The summed E-state index contributed by atoms with van der Waals surface area (Å²) in [5, 5.41) is 10.3. The molecule has 2 N–H and O–H groups in total. The Bertz CT molecular complexity index is 410. The Morgan fingerprint density at radius 1 is 1.67 bits per heavy atom. The van der Waals surface area contributed by atoms with E-state index < -0.39 is 0 Å². The van der Waals surface area contributed by atoms with Crippen molar-refractivity contribution in [2.75, 3.05) is 32.0 Å². The Balaban J connectivity index is 1.88. The maximum atomic E-state index is 11.9. The van der Waals surface area contributed by atoms with Gasteiger partial charge in [0, 0.05) is 31.2 Å². The Kier molecular flexibility index (Phi) is 3.98. The molecule has 0 atom stereocenters. The molecular weight excluding hydrogens is 230 g/mol. The molecule has 1 aromatic rings. The van der Waals surface area contributed by atoms with Crippen molar-refractivity contribution in [2.45, 2.75) is 25.9 Å². The van der Waals surface area contributed by atoms with Gasteiger partial charge in [-0.3, -0.25) is 9.69 Å². The number of nitrogens with zero attached hydrogens (tertiary/aromatic N) is 3. The molecule has 1 amide bonds. The molecule has 2 heterocycles. The summed E-state index contributed by atoms with van der Waals surface area (Å²) >= 11 is 0. The van der Waals surface area contributed by atoms with Gasteiger partial charge in [0.15, 0.2) is 0 Å². The van der Waals surface area contributed by atoms with E-state index in [2.05, 4.69) is 20.6 Å². The number of carbonyl (C=O) groups excluding carboxylic acids is 1. The molecule has 18 heavy (non-hydrogen) atoms. The fraction of sp³-hybridized carbons (Fsp3) is 0.667. The average molecular weight is 251 g/mol. The van der Waals surface area contributed by atoms with E-state index in [0.29, 0.717) is 12.6 Å². The molecule has 1 saturated heterocycles. The van der Waals surface area contributed by atoms with Gasteiger partial charge in [-0.1, -0.05) is 0 Å². The molecule has 2 rings (SSSR count). The van der Waals surface area contributed by atoms with Crippen LogP contribution in [-0.4, -0.2) is 53.3 Å². The lowest BCUT2D eigenvalue weighted by molar-refractivity contribution is -0.117. The summed E-state index contributed by atoms with van der Waals surface area (Å²) in [5.74, 6) is 0.766. The molecular formula is C12H21N5O. The molecule has 0 unspecified atom stereocenters.